The van der Waals surface area contributed by atoms with Crippen LogP contribution in [0, 0.1) is 11.3 Å². The zero-order valence-electron chi connectivity index (χ0n) is 12.4. The van der Waals surface area contributed by atoms with Gasteiger partial charge in [-0.25, -0.2) is 0 Å². The van der Waals surface area contributed by atoms with Crippen LogP contribution < -0.4 is 5.32 Å². The normalized spacial score (nSPS) is 35.7. The molecule has 0 aromatic carbocycles. The van der Waals surface area contributed by atoms with Gasteiger partial charge in [-0.3, -0.25) is 0 Å². The van der Waals surface area contributed by atoms with E-state index < -0.39 is 0 Å². The summed E-state index contributed by atoms with van der Waals surface area (Å²) in [5, 5.41) is 13.6. The third kappa shape index (κ3) is 3.50. The van der Waals surface area contributed by atoms with Crippen molar-refractivity contribution in [2.75, 3.05) is 26.2 Å². The molecule has 2 aliphatic carbocycles. The van der Waals surface area contributed by atoms with Gasteiger partial charge in [-0.2, -0.15) is 0 Å². The topological polar surface area (TPSA) is 35.5 Å². The number of hydrogen-bond acceptors (Lipinski definition) is 3. The lowest BCUT2D eigenvalue weighted by molar-refractivity contribution is 0.0168. The van der Waals surface area contributed by atoms with Gasteiger partial charge in [0.15, 0.2) is 0 Å². The highest BCUT2D eigenvalue weighted by atomic mass is 16.3. The highest BCUT2D eigenvalue weighted by Gasteiger charge is 2.38. The maximum atomic E-state index is 9.87. The first-order valence-corrected chi connectivity index (χ1v) is 8.31. The first-order valence-electron chi connectivity index (χ1n) is 8.31. The Morgan fingerprint density at radius 3 is 2.58 bits per heavy atom. The van der Waals surface area contributed by atoms with E-state index >= 15 is 0 Å². The van der Waals surface area contributed by atoms with Crippen LogP contribution in [0.1, 0.15) is 51.9 Å². The second-order valence-electron chi connectivity index (χ2n) is 7.43. The van der Waals surface area contributed by atoms with Gasteiger partial charge in [0.25, 0.3) is 0 Å². The molecule has 3 aliphatic rings. The molecule has 3 fully saturated rings. The fraction of sp³-hybridized carbons (Fsp3) is 1.00. The fourth-order valence-electron chi connectivity index (χ4n) is 4.00. The molecule has 0 radical (unpaired) electrons. The van der Waals surface area contributed by atoms with E-state index in [1.807, 2.05) is 0 Å². The van der Waals surface area contributed by atoms with Crippen molar-refractivity contribution in [3.8, 4) is 0 Å². The molecule has 1 heterocycles. The standard InChI is InChI=1S/C16H30N2O/c1-13-10-18(9-6-15(13)19)12-16(7-2-3-8-16)11-17-14-4-5-14/h13-15,17,19H,2-12H2,1H3. The Labute approximate surface area is 117 Å². The lowest BCUT2D eigenvalue weighted by atomic mass is 9.84. The van der Waals surface area contributed by atoms with E-state index in [-0.39, 0.29) is 6.10 Å². The van der Waals surface area contributed by atoms with Crippen molar-refractivity contribution in [1.82, 2.24) is 10.2 Å². The molecule has 2 unspecified atom stereocenters. The quantitative estimate of drug-likeness (QED) is 0.799. The maximum Gasteiger partial charge on any atom is 0.0590 e. The van der Waals surface area contributed by atoms with E-state index in [4.69, 9.17) is 0 Å². The minimum absolute atomic E-state index is 0.0691. The lowest BCUT2D eigenvalue weighted by Crippen LogP contribution is -2.49. The van der Waals surface area contributed by atoms with Gasteiger partial charge in [-0.1, -0.05) is 19.8 Å². The van der Waals surface area contributed by atoms with E-state index in [0.29, 0.717) is 11.3 Å². The number of hydrogen-bond donors (Lipinski definition) is 2. The summed E-state index contributed by atoms with van der Waals surface area (Å²) in [4.78, 5) is 2.62. The molecule has 1 saturated heterocycles. The number of nitrogens with one attached hydrogen (secondary N) is 1. The van der Waals surface area contributed by atoms with Crippen LogP contribution in [-0.2, 0) is 0 Å². The molecule has 3 rings (SSSR count). The second kappa shape index (κ2) is 5.71. The lowest BCUT2D eigenvalue weighted by Gasteiger charge is -2.40. The molecule has 0 spiro atoms. The van der Waals surface area contributed by atoms with Crippen LogP contribution in [0.25, 0.3) is 0 Å². The van der Waals surface area contributed by atoms with Crippen LogP contribution in [0.4, 0.5) is 0 Å². The molecule has 0 aromatic heterocycles. The van der Waals surface area contributed by atoms with Crippen LogP contribution in [0.3, 0.4) is 0 Å². The van der Waals surface area contributed by atoms with Crippen molar-refractivity contribution in [3.05, 3.63) is 0 Å². The van der Waals surface area contributed by atoms with E-state index in [1.165, 1.54) is 51.6 Å². The van der Waals surface area contributed by atoms with Crippen LogP contribution >= 0.6 is 0 Å². The highest BCUT2D eigenvalue weighted by molar-refractivity contribution is 4.93. The third-order valence-corrected chi connectivity index (χ3v) is 5.51. The summed E-state index contributed by atoms with van der Waals surface area (Å²) in [5.74, 6) is 0.448. The van der Waals surface area contributed by atoms with Gasteiger partial charge >= 0.3 is 0 Å². The van der Waals surface area contributed by atoms with E-state index in [2.05, 4.69) is 17.1 Å². The van der Waals surface area contributed by atoms with Gasteiger partial charge in [-0.15, -0.1) is 0 Å². The van der Waals surface area contributed by atoms with Gasteiger partial charge in [-0.05, 0) is 43.4 Å². The summed E-state index contributed by atoms with van der Waals surface area (Å²) in [6, 6.07) is 0.833. The van der Waals surface area contributed by atoms with Crippen LogP contribution in [0.2, 0.25) is 0 Å². The van der Waals surface area contributed by atoms with Gasteiger partial charge < -0.3 is 15.3 Å². The number of piperidine rings is 1. The predicted molar refractivity (Wildman–Crippen MR) is 78.2 cm³/mol. The van der Waals surface area contributed by atoms with Crippen LogP contribution in [-0.4, -0.2) is 48.3 Å². The number of rotatable bonds is 5. The molecule has 0 bridgehead atoms. The monoisotopic (exact) mass is 266 g/mol. The third-order valence-electron chi connectivity index (χ3n) is 5.51. The minimum Gasteiger partial charge on any atom is -0.393 e. The Morgan fingerprint density at radius 1 is 1.21 bits per heavy atom. The van der Waals surface area contributed by atoms with Crippen molar-refractivity contribution in [2.45, 2.75) is 64.0 Å². The molecule has 110 valence electrons. The molecule has 3 nitrogen and oxygen atoms in total. The molecule has 0 aromatic rings. The number of aliphatic hydroxyl groups is 1. The summed E-state index contributed by atoms with van der Waals surface area (Å²) in [6.45, 7) is 6.86. The maximum absolute atomic E-state index is 9.87. The van der Waals surface area contributed by atoms with Crippen LogP contribution in [0.15, 0.2) is 0 Å². The van der Waals surface area contributed by atoms with Crippen molar-refractivity contribution in [3.63, 3.8) is 0 Å². The number of nitrogens with zero attached hydrogens (tertiary/aromatic N) is 1. The molecule has 19 heavy (non-hydrogen) atoms. The van der Waals surface area contributed by atoms with E-state index in [0.717, 1.165) is 25.6 Å². The van der Waals surface area contributed by atoms with Crippen molar-refractivity contribution >= 4 is 0 Å². The molecular weight excluding hydrogens is 236 g/mol. The minimum atomic E-state index is -0.0691. The molecule has 2 saturated carbocycles. The molecule has 1 aliphatic heterocycles. The SMILES string of the molecule is CC1CN(CC2(CNC3CC3)CCCC2)CCC1O. The first-order chi connectivity index (χ1) is 9.17. The Hall–Kier alpha value is -0.120. The smallest absolute Gasteiger partial charge is 0.0590 e. The summed E-state index contributed by atoms with van der Waals surface area (Å²) >= 11 is 0. The van der Waals surface area contributed by atoms with E-state index in [1.54, 1.807) is 0 Å². The number of likely N-dealkylation sites (tertiary alicyclic amines) is 1. The zero-order valence-corrected chi connectivity index (χ0v) is 12.4. The average Bonchev–Trinajstić information content (AvgIpc) is 3.12. The molecule has 2 N–H and O–H groups in total. The van der Waals surface area contributed by atoms with Gasteiger partial charge in [0.05, 0.1) is 6.10 Å². The van der Waals surface area contributed by atoms with Gasteiger partial charge in [0, 0.05) is 32.2 Å². The fourth-order valence-corrected chi connectivity index (χ4v) is 4.00. The first kappa shape index (κ1) is 13.8. The largest absolute Gasteiger partial charge is 0.393 e. The van der Waals surface area contributed by atoms with Gasteiger partial charge in [0.2, 0.25) is 0 Å². The highest BCUT2D eigenvalue weighted by Crippen LogP contribution is 2.39. The summed E-state index contributed by atoms with van der Waals surface area (Å²) in [6.07, 6.45) is 9.32. The van der Waals surface area contributed by atoms with Crippen molar-refractivity contribution in [1.29, 1.82) is 0 Å². The van der Waals surface area contributed by atoms with Crippen molar-refractivity contribution < 1.29 is 5.11 Å². The van der Waals surface area contributed by atoms with Gasteiger partial charge in [0.1, 0.15) is 0 Å². The molecule has 0 amide bonds. The summed E-state index contributed by atoms with van der Waals surface area (Å²) < 4.78 is 0. The van der Waals surface area contributed by atoms with Crippen LogP contribution in [0.5, 0.6) is 0 Å². The number of aliphatic hydroxyl groups excluding tert-OH is 1. The Morgan fingerprint density at radius 2 is 1.95 bits per heavy atom. The van der Waals surface area contributed by atoms with E-state index in [9.17, 15) is 5.11 Å². The van der Waals surface area contributed by atoms with Crippen molar-refractivity contribution in [2.24, 2.45) is 11.3 Å². The average molecular weight is 266 g/mol. The summed E-state index contributed by atoms with van der Waals surface area (Å²) in [7, 11) is 0. The second-order valence-corrected chi connectivity index (χ2v) is 7.43. The Bertz CT molecular complexity index is 297. The predicted octanol–water partition coefficient (Wildman–Crippen LogP) is 2.00. The summed E-state index contributed by atoms with van der Waals surface area (Å²) in [5.41, 5.74) is 0.532. The Kier molecular flexibility index (Phi) is 4.16. The Balaban J connectivity index is 1.54. The molecular formula is C16H30N2O. The molecule has 3 heteroatoms. The zero-order chi connectivity index (χ0) is 13.3. The molecule has 2 atom stereocenters.